The molecule has 1 unspecified atom stereocenters. The monoisotopic (exact) mass is 346 g/mol. The van der Waals surface area contributed by atoms with Crippen molar-refractivity contribution in [3.8, 4) is 0 Å². The molecule has 2 aromatic carbocycles. The van der Waals surface area contributed by atoms with Crippen LogP contribution in [-0.2, 0) is 6.54 Å². The Hall–Kier alpha value is -1.81. The van der Waals surface area contributed by atoms with Crippen molar-refractivity contribution in [1.82, 2.24) is 10.6 Å². The molecule has 2 aromatic rings. The molecule has 2 rings (SSSR count). The molecule has 0 spiro atoms. The molecule has 4 heteroatoms. The number of aryl methyl sites for hydroxylation is 1. The Morgan fingerprint density at radius 1 is 1.14 bits per heavy atom. The van der Waals surface area contributed by atoms with Gasteiger partial charge in [0.2, 0.25) is 0 Å². The number of benzene rings is 2. The minimum absolute atomic E-state index is 0.0324. The smallest absolute Gasteiger partial charge is 0.315 e. The SMILES string of the molecule is Cc1ccccc1CNC(=O)NC(C)c1ccc(Br)cc1. The molecule has 0 heterocycles. The van der Waals surface area contributed by atoms with Crippen LogP contribution in [-0.4, -0.2) is 6.03 Å². The van der Waals surface area contributed by atoms with Crippen LogP contribution < -0.4 is 10.6 Å². The Morgan fingerprint density at radius 2 is 1.81 bits per heavy atom. The predicted octanol–water partition coefficient (Wildman–Crippen LogP) is 4.32. The minimum Gasteiger partial charge on any atom is -0.334 e. The summed E-state index contributed by atoms with van der Waals surface area (Å²) in [6.45, 7) is 4.54. The second-order valence-corrected chi connectivity index (χ2v) is 5.94. The molecule has 0 aliphatic carbocycles. The summed E-state index contributed by atoms with van der Waals surface area (Å²) in [6.07, 6.45) is 0. The topological polar surface area (TPSA) is 41.1 Å². The van der Waals surface area contributed by atoms with E-state index >= 15 is 0 Å². The summed E-state index contributed by atoms with van der Waals surface area (Å²) >= 11 is 3.40. The first kappa shape index (κ1) is 15.6. The van der Waals surface area contributed by atoms with E-state index in [2.05, 4.69) is 26.6 Å². The van der Waals surface area contributed by atoms with Crippen LogP contribution in [0.5, 0.6) is 0 Å². The normalized spacial score (nSPS) is 11.8. The van der Waals surface area contributed by atoms with Crippen LogP contribution in [0, 0.1) is 6.92 Å². The van der Waals surface area contributed by atoms with Gasteiger partial charge in [0.05, 0.1) is 6.04 Å². The fourth-order valence-electron chi connectivity index (χ4n) is 2.07. The average Bonchev–Trinajstić information content (AvgIpc) is 2.47. The van der Waals surface area contributed by atoms with Gasteiger partial charge >= 0.3 is 6.03 Å². The molecule has 1 atom stereocenters. The molecule has 2 N–H and O–H groups in total. The van der Waals surface area contributed by atoms with Crippen LogP contribution in [0.15, 0.2) is 53.0 Å². The van der Waals surface area contributed by atoms with Gasteiger partial charge in [-0.15, -0.1) is 0 Å². The highest BCUT2D eigenvalue weighted by atomic mass is 79.9. The number of nitrogens with one attached hydrogen (secondary N) is 2. The maximum Gasteiger partial charge on any atom is 0.315 e. The van der Waals surface area contributed by atoms with Crippen LogP contribution in [0.2, 0.25) is 0 Å². The third-order valence-corrected chi connectivity index (χ3v) is 3.95. The van der Waals surface area contributed by atoms with Gasteiger partial charge in [-0.3, -0.25) is 0 Å². The first-order valence-corrected chi connectivity index (χ1v) is 7.70. The molecular weight excluding hydrogens is 328 g/mol. The fraction of sp³-hybridized carbons (Fsp3) is 0.235. The molecule has 2 amide bonds. The first-order valence-electron chi connectivity index (χ1n) is 6.90. The molecule has 0 fully saturated rings. The largest absolute Gasteiger partial charge is 0.334 e. The highest BCUT2D eigenvalue weighted by molar-refractivity contribution is 9.10. The Bertz CT molecular complexity index is 610. The molecular formula is C17H19BrN2O. The molecule has 0 aliphatic heterocycles. The lowest BCUT2D eigenvalue weighted by molar-refractivity contribution is 0.237. The van der Waals surface area contributed by atoms with Crippen molar-refractivity contribution in [3.05, 3.63) is 69.7 Å². The first-order chi connectivity index (χ1) is 10.1. The van der Waals surface area contributed by atoms with Crippen LogP contribution in [0.4, 0.5) is 4.79 Å². The summed E-state index contributed by atoms with van der Waals surface area (Å²) in [5.41, 5.74) is 3.38. The molecule has 110 valence electrons. The average molecular weight is 347 g/mol. The number of hydrogen-bond acceptors (Lipinski definition) is 1. The summed E-state index contributed by atoms with van der Waals surface area (Å²) in [6, 6.07) is 15.8. The van der Waals surface area contributed by atoms with Crippen molar-refractivity contribution in [3.63, 3.8) is 0 Å². The lowest BCUT2D eigenvalue weighted by Gasteiger charge is -2.15. The van der Waals surface area contributed by atoms with E-state index < -0.39 is 0 Å². The zero-order chi connectivity index (χ0) is 15.2. The van der Waals surface area contributed by atoms with Crippen LogP contribution in [0.3, 0.4) is 0 Å². The number of urea groups is 1. The zero-order valence-electron chi connectivity index (χ0n) is 12.2. The van der Waals surface area contributed by atoms with Gasteiger partial charge in [-0.2, -0.15) is 0 Å². The molecule has 3 nitrogen and oxygen atoms in total. The molecule has 0 saturated heterocycles. The second kappa shape index (κ2) is 7.27. The van der Waals surface area contributed by atoms with Gasteiger partial charge in [0.25, 0.3) is 0 Å². The summed E-state index contributed by atoms with van der Waals surface area (Å²) < 4.78 is 1.03. The van der Waals surface area contributed by atoms with Gasteiger partial charge in [0.1, 0.15) is 0 Å². The molecule has 0 saturated carbocycles. The summed E-state index contributed by atoms with van der Waals surface area (Å²) in [7, 11) is 0. The minimum atomic E-state index is -0.159. The van der Waals surface area contributed by atoms with E-state index in [9.17, 15) is 4.79 Å². The Balaban J connectivity index is 1.87. The van der Waals surface area contributed by atoms with Gasteiger partial charge in [-0.05, 0) is 42.7 Å². The van der Waals surface area contributed by atoms with Gasteiger partial charge in [0.15, 0.2) is 0 Å². The Morgan fingerprint density at radius 3 is 2.48 bits per heavy atom. The predicted molar refractivity (Wildman–Crippen MR) is 89.1 cm³/mol. The number of carbonyl (C=O) groups excluding carboxylic acids is 1. The summed E-state index contributed by atoms with van der Waals surface area (Å²) in [5.74, 6) is 0. The number of halogens is 1. The van der Waals surface area contributed by atoms with Gasteiger partial charge in [0, 0.05) is 11.0 Å². The molecule has 0 radical (unpaired) electrons. The van der Waals surface area contributed by atoms with Gasteiger partial charge in [-0.25, -0.2) is 4.79 Å². The number of hydrogen-bond donors (Lipinski definition) is 2. The van der Waals surface area contributed by atoms with E-state index in [1.54, 1.807) is 0 Å². The van der Waals surface area contributed by atoms with E-state index in [0.717, 1.165) is 15.6 Å². The number of amides is 2. The van der Waals surface area contributed by atoms with E-state index in [1.165, 1.54) is 5.56 Å². The van der Waals surface area contributed by atoms with Crippen LogP contribution >= 0.6 is 15.9 Å². The maximum atomic E-state index is 11.9. The highest BCUT2D eigenvalue weighted by Crippen LogP contribution is 2.16. The zero-order valence-corrected chi connectivity index (χ0v) is 13.8. The quantitative estimate of drug-likeness (QED) is 0.850. The van der Waals surface area contributed by atoms with Crippen molar-refractivity contribution in [1.29, 1.82) is 0 Å². The Kier molecular flexibility index (Phi) is 5.39. The lowest BCUT2D eigenvalue weighted by Crippen LogP contribution is -2.36. The molecule has 0 aliphatic rings. The van der Waals surface area contributed by atoms with E-state index in [-0.39, 0.29) is 12.1 Å². The van der Waals surface area contributed by atoms with Crippen molar-refractivity contribution in [2.75, 3.05) is 0 Å². The summed E-state index contributed by atoms with van der Waals surface area (Å²) in [4.78, 5) is 11.9. The van der Waals surface area contributed by atoms with E-state index in [4.69, 9.17) is 0 Å². The Labute approximate surface area is 133 Å². The van der Waals surface area contributed by atoms with Crippen molar-refractivity contribution >= 4 is 22.0 Å². The number of rotatable bonds is 4. The van der Waals surface area contributed by atoms with Crippen molar-refractivity contribution in [2.24, 2.45) is 0 Å². The molecule has 0 aromatic heterocycles. The third kappa shape index (κ3) is 4.60. The van der Waals surface area contributed by atoms with Gasteiger partial charge in [-0.1, -0.05) is 52.3 Å². The van der Waals surface area contributed by atoms with Crippen LogP contribution in [0.1, 0.15) is 29.7 Å². The highest BCUT2D eigenvalue weighted by Gasteiger charge is 2.09. The molecule has 21 heavy (non-hydrogen) atoms. The van der Waals surface area contributed by atoms with Crippen molar-refractivity contribution < 1.29 is 4.79 Å². The standard InChI is InChI=1S/C17H19BrN2O/c1-12-5-3-4-6-15(12)11-19-17(21)20-13(2)14-7-9-16(18)10-8-14/h3-10,13H,11H2,1-2H3,(H2,19,20,21). The number of carbonyl (C=O) groups is 1. The fourth-order valence-corrected chi connectivity index (χ4v) is 2.33. The molecule has 0 bridgehead atoms. The van der Waals surface area contributed by atoms with Crippen LogP contribution in [0.25, 0.3) is 0 Å². The summed E-state index contributed by atoms with van der Waals surface area (Å²) in [5, 5.41) is 5.83. The van der Waals surface area contributed by atoms with Crippen molar-refractivity contribution in [2.45, 2.75) is 26.4 Å². The third-order valence-electron chi connectivity index (χ3n) is 3.42. The van der Waals surface area contributed by atoms with E-state index in [1.807, 2.05) is 62.4 Å². The van der Waals surface area contributed by atoms with Gasteiger partial charge < -0.3 is 10.6 Å². The maximum absolute atomic E-state index is 11.9. The van der Waals surface area contributed by atoms with E-state index in [0.29, 0.717) is 6.54 Å². The second-order valence-electron chi connectivity index (χ2n) is 5.03. The lowest BCUT2D eigenvalue weighted by atomic mass is 10.1.